The molecule has 0 aromatic heterocycles. The van der Waals surface area contributed by atoms with Crippen LogP contribution in [0.2, 0.25) is 0 Å². The normalized spacial score (nSPS) is 27.9. The van der Waals surface area contributed by atoms with Gasteiger partial charge in [-0.3, -0.25) is 4.90 Å². The first-order valence-electron chi connectivity index (χ1n) is 8.99. The molecule has 2 fully saturated rings. The number of aliphatic hydroxyl groups excluding tert-OH is 1. The third-order valence-electron chi connectivity index (χ3n) is 5.31. The van der Waals surface area contributed by atoms with Crippen LogP contribution in [0.1, 0.15) is 52.4 Å². The fourth-order valence-electron chi connectivity index (χ4n) is 3.94. The second kappa shape index (κ2) is 8.47. The smallest absolute Gasteiger partial charge is 0.0610 e. The highest BCUT2D eigenvalue weighted by atomic mass is 16.3. The maximum Gasteiger partial charge on any atom is 0.0610 e. The van der Waals surface area contributed by atoms with E-state index in [1.807, 2.05) is 0 Å². The number of likely N-dealkylation sites (tertiary alicyclic amines) is 2. The zero-order chi connectivity index (χ0) is 15.1. The Balaban J connectivity index is 1.66. The Hall–Kier alpha value is -0.160. The maximum absolute atomic E-state index is 9.54. The van der Waals surface area contributed by atoms with Crippen molar-refractivity contribution in [3.8, 4) is 0 Å². The molecule has 0 aromatic rings. The Bertz CT molecular complexity index is 294. The quantitative estimate of drug-likeness (QED) is 0.715. The van der Waals surface area contributed by atoms with Crippen molar-refractivity contribution in [2.75, 3.05) is 45.9 Å². The molecule has 0 aromatic carbocycles. The third kappa shape index (κ3) is 5.20. The summed E-state index contributed by atoms with van der Waals surface area (Å²) in [4.78, 5) is 5.35. The molecule has 4 nitrogen and oxygen atoms in total. The molecule has 2 N–H and O–H groups in total. The van der Waals surface area contributed by atoms with Crippen LogP contribution in [0.3, 0.4) is 0 Å². The van der Waals surface area contributed by atoms with E-state index in [0.29, 0.717) is 0 Å². The standard InChI is InChI=1S/C17H35N3O/c1-3-18-17(2,15-21)9-7-10-19-13-8-16(14-19)20-11-5-4-6-12-20/h16,18,21H,3-15H2,1-2H3. The number of hydrogen-bond donors (Lipinski definition) is 2. The molecule has 4 heteroatoms. The molecule has 2 rings (SSSR count). The predicted octanol–water partition coefficient (Wildman–Crippen LogP) is 1.69. The molecule has 2 aliphatic heterocycles. The molecule has 0 aliphatic carbocycles. The molecule has 0 radical (unpaired) electrons. The van der Waals surface area contributed by atoms with Gasteiger partial charge in [0, 0.05) is 18.1 Å². The van der Waals surface area contributed by atoms with E-state index in [-0.39, 0.29) is 12.1 Å². The van der Waals surface area contributed by atoms with Crippen LogP contribution in [0, 0.1) is 0 Å². The average Bonchev–Trinajstić information content (AvgIpc) is 2.97. The molecular formula is C17H35N3O. The summed E-state index contributed by atoms with van der Waals surface area (Å²) in [5.41, 5.74) is -0.0965. The van der Waals surface area contributed by atoms with E-state index in [0.717, 1.165) is 19.0 Å². The van der Waals surface area contributed by atoms with Crippen LogP contribution >= 0.6 is 0 Å². The maximum atomic E-state index is 9.54. The van der Waals surface area contributed by atoms with Crippen molar-refractivity contribution in [3.63, 3.8) is 0 Å². The molecule has 2 aliphatic rings. The third-order valence-corrected chi connectivity index (χ3v) is 5.31. The van der Waals surface area contributed by atoms with Crippen molar-refractivity contribution in [2.45, 2.75) is 64.0 Å². The van der Waals surface area contributed by atoms with E-state index in [4.69, 9.17) is 0 Å². The van der Waals surface area contributed by atoms with E-state index in [1.54, 1.807) is 0 Å². The zero-order valence-corrected chi connectivity index (χ0v) is 14.1. The lowest BCUT2D eigenvalue weighted by Crippen LogP contribution is -2.46. The van der Waals surface area contributed by atoms with Crippen LogP contribution in [0.4, 0.5) is 0 Å². The van der Waals surface area contributed by atoms with E-state index >= 15 is 0 Å². The highest BCUT2D eigenvalue weighted by Crippen LogP contribution is 2.21. The summed E-state index contributed by atoms with van der Waals surface area (Å²) < 4.78 is 0. The van der Waals surface area contributed by atoms with Crippen molar-refractivity contribution in [3.05, 3.63) is 0 Å². The Kier molecular flexibility index (Phi) is 6.93. The summed E-state index contributed by atoms with van der Waals surface area (Å²) in [5, 5.41) is 13.0. The van der Waals surface area contributed by atoms with Crippen molar-refractivity contribution < 1.29 is 5.11 Å². The molecule has 124 valence electrons. The Labute approximate surface area is 130 Å². The first-order chi connectivity index (χ1) is 10.2. The lowest BCUT2D eigenvalue weighted by Gasteiger charge is -2.32. The van der Waals surface area contributed by atoms with Crippen LogP contribution < -0.4 is 5.32 Å². The number of nitrogens with zero attached hydrogens (tertiary/aromatic N) is 2. The molecule has 0 amide bonds. The summed E-state index contributed by atoms with van der Waals surface area (Å²) in [6.07, 6.45) is 7.81. The summed E-state index contributed by atoms with van der Waals surface area (Å²) in [5.74, 6) is 0. The first kappa shape index (κ1) is 17.2. The van der Waals surface area contributed by atoms with Gasteiger partial charge in [-0.25, -0.2) is 0 Å². The largest absolute Gasteiger partial charge is 0.394 e. The second-order valence-corrected chi connectivity index (χ2v) is 7.19. The number of likely N-dealkylation sites (N-methyl/N-ethyl adjacent to an activating group) is 1. The van der Waals surface area contributed by atoms with E-state index in [9.17, 15) is 5.11 Å². The number of hydrogen-bond acceptors (Lipinski definition) is 4. The molecule has 2 unspecified atom stereocenters. The van der Waals surface area contributed by atoms with Gasteiger partial charge in [-0.2, -0.15) is 0 Å². The predicted molar refractivity (Wildman–Crippen MR) is 88.7 cm³/mol. The molecule has 0 bridgehead atoms. The monoisotopic (exact) mass is 297 g/mol. The lowest BCUT2D eigenvalue weighted by molar-refractivity contribution is 0.152. The minimum atomic E-state index is -0.0965. The van der Waals surface area contributed by atoms with Gasteiger partial charge in [0.25, 0.3) is 0 Å². The van der Waals surface area contributed by atoms with Crippen molar-refractivity contribution in [2.24, 2.45) is 0 Å². The van der Waals surface area contributed by atoms with Crippen LogP contribution in [0.25, 0.3) is 0 Å². The summed E-state index contributed by atoms with van der Waals surface area (Å²) in [7, 11) is 0. The Morgan fingerprint density at radius 2 is 1.95 bits per heavy atom. The molecule has 2 atom stereocenters. The minimum Gasteiger partial charge on any atom is -0.394 e. The number of rotatable bonds is 8. The van der Waals surface area contributed by atoms with Gasteiger partial charge in [0.15, 0.2) is 0 Å². The van der Waals surface area contributed by atoms with E-state index in [2.05, 4.69) is 29.0 Å². The summed E-state index contributed by atoms with van der Waals surface area (Å²) >= 11 is 0. The lowest BCUT2D eigenvalue weighted by atomic mass is 9.96. The van der Waals surface area contributed by atoms with Crippen molar-refractivity contribution in [1.82, 2.24) is 15.1 Å². The van der Waals surface area contributed by atoms with Gasteiger partial charge in [-0.15, -0.1) is 0 Å². The zero-order valence-electron chi connectivity index (χ0n) is 14.1. The second-order valence-electron chi connectivity index (χ2n) is 7.19. The van der Waals surface area contributed by atoms with Gasteiger partial charge in [0.1, 0.15) is 0 Å². The molecule has 21 heavy (non-hydrogen) atoms. The fraction of sp³-hybridized carbons (Fsp3) is 1.00. The van der Waals surface area contributed by atoms with Crippen LogP contribution in [0.15, 0.2) is 0 Å². The van der Waals surface area contributed by atoms with Crippen molar-refractivity contribution >= 4 is 0 Å². The number of aliphatic hydroxyl groups is 1. The molecule has 0 spiro atoms. The molecule has 2 heterocycles. The highest BCUT2D eigenvalue weighted by Gasteiger charge is 2.28. The first-order valence-corrected chi connectivity index (χ1v) is 8.99. The van der Waals surface area contributed by atoms with Gasteiger partial charge in [-0.1, -0.05) is 13.3 Å². The number of piperidine rings is 1. The summed E-state index contributed by atoms with van der Waals surface area (Å²) in [6.45, 7) is 11.8. The molecule has 0 saturated carbocycles. The summed E-state index contributed by atoms with van der Waals surface area (Å²) in [6, 6.07) is 0.809. The minimum absolute atomic E-state index is 0.0965. The Morgan fingerprint density at radius 3 is 2.62 bits per heavy atom. The number of nitrogens with one attached hydrogen (secondary N) is 1. The van der Waals surface area contributed by atoms with Gasteiger partial charge >= 0.3 is 0 Å². The Morgan fingerprint density at radius 1 is 1.19 bits per heavy atom. The van der Waals surface area contributed by atoms with Crippen LogP contribution in [0.5, 0.6) is 0 Å². The highest BCUT2D eigenvalue weighted by molar-refractivity contribution is 4.86. The van der Waals surface area contributed by atoms with E-state index in [1.165, 1.54) is 64.8 Å². The van der Waals surface area contributed by atoms with Crippen LogP contribution in [-0.2, 0) is 0 Å². The SMILES string of the molecule is CCNC(C)(CO)CCCN1CCC(N2CCCCC2)C1. The fourth-order valence-corrected chi connectivity index (χ4v) is 3.94. The van der Waals surface area contributed by atoms with E-state index < -0.39 is 0 Å². The topological polar surface area (TPSA) is 38.7 Å². The van der Waals surface area contributed by atoms with Gasteiger partial charge < -0.3 is 15.3 Å². The van der Waals surface area contributed by atoms with Gasteiger partial charge in [0.05, 0.1) is 6.61 Å². The average molecular weight is 297 g/mol. The molecular weight excluding hydrogens is 262 g/mol. The van der Waals surface area contributed by atoms with Gasteiger partial charge in [-0.05, 0) is 71.8 Å². The molecule has 2 saturated heterocycles. The van der Waals surface area contributed by atoms with Crippen molar-refractivity contribution in [1.29, 1.82) is 0 Å². The van der Waals surface area contributed by atoms with Crippen LogP contribution in [-0.4, -0.2) is 72.4 Å². The van der Waals surface area contributed by atoms with Gasteiger partial charge in [0.2, 0.25) is 0 Å².